The average molecular weight is 336 g/mol. The number of rotatable bonds is 10. The Morgan fingerprint density at radius 1 is 1.22 bits per heavy atom. The van der Waals surface area contributed by atoms with Gasteiger partial charge in [-0.3, -0.25) is 4.79 Å². The molecule has 1 amide bonds. The predicted molar refractivity (Wildman–Crippen MR) is 102 cm³/mol. The van der Waals surface area contributed by atoms with E-state index in [4.69, 9.17) is 4.74 Å². The van der Waals surface area contributed by atoms with Gasteiger partial charge in [0.25, 0.3) is 0 Å². The number of nitrogens with one attached hydrogen (secondary N) is 1. The fraction of sp³-hybridized carbons (Fsp3) is 0.632. The van der Waals surface area contributed by atoms with E-state index in [0.29, 0.717) is 12.5 Å². The number of hydrogen-bond donors (Lipinski definition) is 1. The van der Waals surface area contributed by atoms with Crippen LogP contribution in [0.15, 0.2) is 24.3 Å². The van der Waals surface area contributed by atoms with Gasteiger partial charge in [0.2, 0.25) is 5.91 Å². The highest BCUT2D eigenvalue weighted by Crippen LogP contribution is 1.98. The predicted octanol–water partition coefficient (Wildman–Crippen LogP) is 3.94. The summed E-state index contributed by atoms with van der Waals surface area (Å²) in [4.78, 5) is 11.4. The molecule has 0 aromatic rings. The van der Waals surface area contributed by atoms with Gasteiger partial charge in [0, 0.05) is 19.2 Å². The van der Waals surface area contributed by atoms with Gasteiger partial charge in [0.1, 0.15) is 14.7 Å². The lowest BCUT2D eigenvalue weighted by Crippen LogP contribution is -2.25. The Morgan fingerprint density at radius 3 is 2.61 bits per heavy atom. The summed E-state index contributed by atoms with van der Waals surface area (Å²) >= 11 is 0. The highest BCUT2D eigenvalue weighted by atomic mass is 28.3. The van der Waals surface area contributed by atoms with Crippen molar-refractivity contribution in [2.24, 2.45) is 5.92 Å². The van der Waals surface area contributed by atoms with Crippen LogP contribution in [0.1, 0.15) is 33.1 Å². The molecule has 4 heteroatoms. The Labute approximate surface area is 143 Å². The van der Waals surface area contributed by atoms with Crippen LogP contribution in [0.4, 0.5) is 0 Å². The van der Waals surface area contributed by atoms with Crippen molar-refractivity contribution >= 4 is 14.0 Å². The van der Waals surface area contributed by atoms with Gasteiger partial charge >= 0.3 is 0 Å². The fourth-order valence-electron chi connectivity index (χ4n) is 1.57. The van der Waals surface area contributed by atoms with Crippen LogP contribution in [0.25, 0.3) is 0 Å². The zero-order chi connectivity index (χ0) is 17.6. The minimum Gasteiger partial charge on any atom is -0.369 e. The molecule has 0 aliphatic rings. The van der Waals surface area contributed by atoms with Crippen molar-refractivity contribution in [2.45, 2.75) is 52.8 Å². The molecule has 0 aromatic carbocycles. The second kappa shape index (κ2) is 13.2. The molecule has 1 N–H and O–H groups in total. The molecule has 0 heterocycles. The molecule has 130 valence electrons. The zero-order valence-electron chi connectivity index (χ0n) is 15.4. The molecule has 0 saturated carbocycles. The molecular formula is C19H33NO2Si. The van der Waals surface area contributed by atoms with Crippen molar-refractivity contribution in [1.29, 1.82) is 0 Å². The Kier molecular flexibility index (Phi) is 12.4. The molecule has 3 nitrogen and oxygen atoms in total. The highest BCUT2D eigenvalue weighted by molar-refractivity contribution is 6.83. The number of carbonyl (C=O) groups is 1. The second-order valence-electron chi connectivity index (χ2n) is 7.03. The number of carbonyl (C=O) groups excluding carboxylic acids is 1. The largest absolute Gasteiger partial charge is 0.369 e. The molecule has 0 aliphatic heterocycles. The molecule has 0 radical (unpaired) electrons. The third-order valence-electron chi connectivity index (χ3n) is 2.73. The van der Waals surface area contributed by atoms with Crippen molar-refractivity contribution in [3.63, 3.8) is 0 Å². The molecule has 0 rings (SSSR count). The normalized spacial score (nSPS) is 11.9. The molecule has 0 saturated heterocycles. The maximum absolute atomic E-state index is 11.4. The van der Waals surface area contributed by atoms with Crippen LogP contribution in [0.2, 0.25) is 19.6 Å². The third kappa shape index (κ3) is 18.6. The van der Waals surface area contributed by atoms with Gasteiger partial charge in [-0.05, 0) is 25.2 Å². The van der Waals surface area contributed by atoms with Gasteiger partial charge < -0.3 is 10.1 Å². The van der Waals surface area contributed by atoms with E-state index in [0.717, 1.165) is 32.4 Å². The molecule has 0 atom stereocenters. The third-order valence-corrected chi connectivity index (χ3v) is 3.65. The Bertz CT molecular complexity index is 437. The topological polar surface area (TPSA) is 38.3 Å². The quantitative estimate of drug-likeness (QED) is 0.216. The van der Waals surface area contributed by atoms with Crippen molar-refractivity contribution in [3.8, 4) is 11.5 Å². The Hall–Kier alpha value is -1.31. The van der Waals surface area contributed by atoms with E-state index in [9.17, 15) is 4.79 Å². The average Bonchev–Trinajstić information content (AvgIpc) is 2.45. The smallest absolute Gasteiger partial charge is 0.243 e. The Morgan fingerprint density at radius 2 is 1.96 bits per heavy atom. The van der Waals surface area contributed by atoms with Crippen molar-refractivity contribution in [1.82, 2.24) is 5.32 Å². The minimum absolute atomic E-state index is 0.0313. The van der Waals surface area contributed by atoms with E-state index >= 15 is 0 Å². The van der Waals surface area contributed by atoms with Crippen molar-refractivity contribution in [2.75, 3.05) is 19.8 Å². The van der Waals surface area contributed by atoms with Gasteiger partial charge in [-0.2, -0.15) is 0 Å². The molecule has 0 spiro atoms. The van der Waals surface area contributed by atoms with E-state index in [1.165, 1.54) is 0 Å². The van der Waals surface area contributed by atoms with Crippen LogP contribution in [0.5, 0.6) is 0 Å². The summed E-state index contributed by atoms with van der Waals surface area (Å²) < 4.78 is 5.49. The van der Waals surface area contributed by atoms with E-state index in [-0.39, 0.29) is 5.91 Å². The first-order valence-corrected chi connectivity index (χ1v) is 12.0. The second-order valence-corrected chi connectivity index (χ2v) is 11.8. The SMILES string of the molecule is CC(C)CNC(=O)C=CC=CCCCCOCC#C[Si](C)(C)C. The van der Waals surface area contributed by atoms with Crippen molar-refractivity contribution in [3.05, 3.63) is 24.3 Å². The zero-order valence-corrected chi connectivity index (χ0v) is 16.4. The first-order chi connectivity index (χ1) is 10.8. The van der Waals surface area contributed by atoms with Gasteiger partial charge in [0.15, 0.2) is 0 Å². The number of unbranched alkanes of at least 4 members (excludes halogenated alkanes) is 2. The number of ether oxygens (including phenoxy) is 1. The van der Waals surface area contributed by atoms with Crippen molar-refractivity contribution < 1.29 is 9.53 Å². The number of allylic oxidation sites excluding steroid dienone is 3. The number of amides is 1. The lowest BCUT2D eigenvalue weighted by molar-refractivity contribution is -0.116. The van der Waals surface area contributed by atoms with E-state index in [1.807, 2.05) is 6.08 Å². The van der Waals surface area contributed by atoms with Crippen LogP contribution in [0.3, 0.4) is 0 Å². The molecule has 23 heavy (non-hydrogen) atoms. The van der Waals surface area contributed by atoms with E-state index in [1.54, 1.807) is 12.2 Å². The van der Waals surface area contributed by atoms with Gasteiger partial charge in [-0.1, -0.05) is 57.6 Å². The summed E-state index contributed by atoms with van der Waals surface area (Å²) in [6.45, 7) is 12.9. The monoisotopic (exact) mass is 335 g/mol. The first-order valence-electron chi connectivity index (χ1n) is 8.50. The summed E-state index contributed by atoms with van der Waals surface area (Å²) in [7, 11) is -1.26. The lowest BCUT2D eigenvalue weighted by atomic mass is 10.2. The minimum atomic E-state index is -1.26. The molecule has 0 unspecified atom stereocenters. The van der Waals surface area contributed by atoms with Crippen LogP contribution >= 0.6 is 0 Å². The summed E-state index contributed by atoms with van der Waals surface area (Å²) in [6.07, 6.45) is 10.5. The fourth-order valence-corrected chi connectivity index (χ4v) is 2.17. The summed E-state index contributed by atoms with van der Waals surface area (Å²) in [6, 6.07) is 0. The first kappa shape index (κ1) is 21.7. The molecule has 0 aliphatic carbocycles. The summed E-state index contributed by atoms with van der Waals surface area (Å²) in [5.41, 5.74) is 3.28. The van der Waals surface area contributed by atoms with Gasteiger partial charge in [0.05, 0.1) is 0 Å². The highest BCUT2D eigenvalue weighted by Gasteiger charge is 2.06. The van der Waals surface area contributed by atoms with Crippen LogP contribution in [-0.2, 0) is 9.53 Å². The lowest BCUT2D eigenvalue weighted by Gasteiger charge is -2.03. The standard InChI is InChI=1S/C19H33NO2Si/c1-18(2)17-20-19(21)13-10-8-6-7-9-11-14-22-15-12-16-23(3,4)5/h6,8,10,13,18H,7,9,11,14-15,17H2,1-5H3,(H,20,21). The van der Waals surface area contributed by atoms with Crippen LogP contribution < -0.4 is 5.32 Å². The van der Waals surface area contributed by atoms with Crippen LogP contribution in [-0.4, -0.2) is 33.7 Å². The molecule has 0 aromatic heterocycles. The van der Waals surface area contributed by atoms with Crippen LogP contribution in [0, 0.1) is 17.4 Å². The van der Waals surface area contributed by atoms with Gasteiger partial charge in [-0.25, -0.2) is 0 Å². The maximum Gasteiger partial charge on any atom is 0.243 e. The van der Waals surface area contributed by atoms with Gasteiger partial charge in [-0.15, -0.1) is 5.54 Å². The maximum atomic E-state index is 11.4. The molecular weight excluding hydrogens is 302 g/mol. The summed E-state index contributed by atoms with van der Waals surface area (Å²) in [5.74, 6) is 3.55. The summed E-state index contributed by atoms with van der Waals surface area (Å²) in [5, 5.41) is 2.84. The Balaban J connectivity index is 3.54. The molecule has 0 fully saturated rings. The number of hydrogen-bond acceptors (Lipinski definition) is 2. The van der Waals surface area contributed by atoms with E-state index < -0.39 is 8.07 Å². The molecule has 0 bridgehead atoms. The van der Waals surface area contributed by atoms with E-state index in [2.05, 4.69) is 56.3 Å².